The molecule has 1 saturated carbocycles. The van der Waals surface area contributed by atoms with Gasteiger partial charge in [0.1, 0.15) is 0 Å². The SMILES string of the molecule is CCCC1CN(CC2(C)CCCCC2)CCCN1. The van der Waals surface area contributed by atoms with Crippen LogP contribution in [0.5, 0.6) is 0 Å². The molecule has 2 nitrogen and oxygen atoms in total. The molecule has 18 heavy (non-hydrogen) atoms. The zero-order valence-electron chi connectivity index (χ0n) is 12.5. The Bertz CT molecular complexity index is 233. The van der Waals surface area contributed by atoms with Crippen LogP contribution >= 0.6 is 0 Å². The number of nitrogens with zero attached hydrogens (tertiary/aromatic N) is 1. The van der Waals surface area contributed by atoms with Crippen molar-refractivity contribution < 1.29 is 0 Å². The molecule has 0 bridgehead atoms. The molecule has 0 spiro atoms. The second kappa shape index (κ2) is 6.91. The predicted octanol–water partition coefficient (Wildman–Crippen LogP) is 3.42. The van der Waals surface area contributed by atoms with E-state index in [-0.39, 0.29) is 0 Å². The van der Waals surface area contributed by atoms with Gasteiger partial charge in [-0.05, 0) is 44.2 Å². The Morgan fingerprint density at radius 1 is 1.17 bits per heavy atom. The smallest absolute Gasteiger partial charge is 0.0194 e. The van der Waals surface area contributed by atoms with Gasteiger partial charge in [0.25, 0.3) is 0 Å². The first-order valence-corrected chi connectivity index (χ1v) is 8.18. The van der Waals surface area contributed by atoms with Crippen LogP contribution in [0.15, 0.2) is 0 Å². The summed E-state index contributed by atoms with van der Waals surface area (Å²) in [5, 5.41) is 3.72. The van der Waals surface area contributed by atoms with Gasteiger partial charge >= 0.3 is 0 Å². The summed E-state index contributed by atoms with van der Waals surface area (Å²) in [6.07, 6.45) is 11.3. The van der Waals surface area contributed by atoms with Gasteiger partial charge in [0, 0.05) is 19.1 Å². The molecule has 0 radical (unpaired) electrons. The molecule has 2 heteroatoms. The quantitative estimate of drug-likeness (QED) is 0.825. The molecule has 1 aliphatic heterocycles. The Balaban J connectivity index is 1.86. The van der Waals surface area contributed by atoms with Crippen LogP contribution in [-0.4, -0.2) is 37.1 Å². The third kappa shape index (κ3) is 4.24. The first kappa shape index (κ1) is 14.3. The van der Waals surface area contributed by atoms with Gasteiger partial charge in [0.05, 0.1) is 0 Å². The summed E-state index contributed by atoms with van der Waals surface area (Å²) in [7, 11) is 0. The van der Waals surface area contributed by atoms with E-state index >= 15 is 0 Å². The van der Waals surface area contributed by atoms with Gasteiger partial charge in [-0.25, -0.2) is 0 Å². The second-order valence-corrected chi connectivity index (χ2v) is 6.90. The van der Waals surface area contributed by atoms with Gasteiger partial charge in [-0.2, -0.15) is 0 Å². The lowest BCUT2D eigenvalue weighted by molar-refractivity contribution is 0.119. The Kier molecular flexibility index (Phi) is 5.50. The standard InChI is InChI=1S/C16H32N2/c1-3-8-15-13-18(12-7-11-17-15)14-16(2)9-5-4-6-10-16/h15,17H,3-14H2,1-2H3. The van der Waals surface area contributed by atoms with E-state index in [1.54, 1.807) is 0 Å². The van der Waals surface area contributed by atoms with Crippen LogP contribution in [0.4, 0.5) is 0 Å². The molecule has 106 valence electrons. The van der Waals surface area contributed by atoms with Crippen molar-refractivity contribution in [1.82, 2.24) is 10.2 Å². The third-order valence-electron chi connectivity index (χ3n) is 4.87. The first-order chi connectivity index (χ1) is 8.72. The van der Waals surface area contributed by atoms with Crippen LogP contribution < -0.4 is 5.32 Å². The zero-order valence-corrected chi connectivity index (χ0v) is 12.5. The van der Waals surface area contributed by atoms with E-state index in [4.69, 9.17) is 0 Å². The van der Waals surface area contributed by atoms with Crippen molar-refractivity contribution in [3.05, 3.63) is 0 Å². The molecule has 1 heterocycles. The lowest BCUT2D eigenvalue weighted by atomic mass is 9.75. The summed E-state index contributed by atoms with van der Waals surface area (Å²) in [6, 6.07) is 0.740. The zero-order chi connectivity index (χ0) is 12.8. The predicted molar refractivity (Wildman–Crippen MR) is 78.9 cm³/mol. The van der Waals surface area contributed by atoms with E-state index in [0.29, 0.717) is 5.41 Å². The lowest BCUT2D eigenvalue weighted by Gasteiger charge is -2.38. The molecule has 0 aromatic heterocycles. The van der Waals surface area contributed by atoms with Crippen LogP contribution in [0.25, 0.3) is 0 Å². The molecule has 1 atom stereocenters. The Labute approximate surface area is 114 Å². The summed E-state index contributed by atoms with van der Waals surface area (Å²) < 4.78 is 0. The summed E-state index contributed by atoms with van der Waals surface area (Å²) in [5.41, 5.74) is 0.610. The molecular weight excluding hydrogens is 220 g/mol. The monoisotopic (exact) mass is 252 g/mol. The molecule has 2 fully saturated rings. The molecular formula is C16H32N2. The van der Waals surface area contributed by atoms with Crippen molar-refractivity contribution in [3.8, 4) is 0 Å². The van der Waals surface area contributed by atoms with Crippen molar-refractivity contribution in [2.45, 2.75) is 71.3 Å². The van der Waals surface area contributed by atoms with Gasteiger partial charge < -0.3 is 10.2 Å². The highest BCUT2D eigenvalue weighted by atomic mass is 15.2. The highest BCUT2D eigenvalue weighted by Gasteiger charge is 2.30. The van der Waals surface area contributed by atoms with E-state index in [2.05, 4.69) is 24.1 Å². The van der Waals surface area contributed by atoms with E-state index in [9.17, 15) is 0 Å². The fourth-order valence-electron chi connectivity index (χ4n) is 3.87. The molecule has 1 unspecified atom stereocenters. The van der Waals surface area contributed by atoms with E-state index in [0.717, 1.165) is 6.04 Å². The molecule has 0 aromatic rings. The van der Waals surface area contributed by atoms with Crippen molar-refractivity contribution in [2.75, 3.05) is 26.2 Å². The maximum Gasteiger partial charge on any atom is 0.0194 e. The van der Waals surface area contributed by atoms with Gasteiger partial charge in [0.15, 0.2) is 0 Å². The van der Waals surface area contributed by atoms with E-state index < -0.39 is 0 Å². The summed E-state index contributed by atoms with van der Waals surface area (Å²) >= 11 is 0. The molecule has 1 aliphatic carbocycles. The topological polar surface area (TPSA) is 15.3 Å². The van der Waals surface area contributed by atoms with Gasteiger partial charge in [-0.1, -0.05) is 39.5 Å². The Morgan fingerprint density at radius 3 is 2.67 bits per heavy atom. The van der Waals surface area contributed by atoms with Crippen LogP contribution in [0.3, 0.4) is 0 Å². The Morgan fingerprint density at radius 2 is 1.94 bits per heavy atom. The maximum atomic E-state index is 3.72. The highest BCUT2D eigenvalue weighted by Crippen LogP contribution is 2.36. The van der Waals surface area contributed by atoms with Gasteiger partial charge in [0.2, 0.25) is 0 Å². The number of rotatable bonds is 4. The minimum Gasteiger partial charge on any atom is -0.313 e. The molecule has 0 amide bonds. The normalized spacial score (nSPS) is 30.0. The molecule has 1 saturated heterocycles. The maximum absolute atomic E-state index is 3.72. The number of hydrogen-bond donors (Lipinski definition) is 1. The van der Waals surface area contributed by atoms with Crippen molar-refractivity contribution in [1.29, 1.82) is 0 Å². The summed E-state index contributed by atoms with van der Waals surface area (Å²) in [6.45, 7) is 9.98. The highest BCUT2D eigenvalue weighted by molar-refractivity contribution is 4.85. The molecule has 1 N–H and O–H groups in total. The average molecular weight is 252 g/mol. The number of hydrogen-bond acceptors (Lipinski definition) is 2. The molecule has 2 rings (SSSR count). The summed E-state index contributed by atoms with van der Waals surface area (Å²) in [4.78, 5) is 2.76. The van der Waals surface area contributed by atoms with Crippen molar-refractivity contribution in [3.63, 3.8) is 0 Å². The van der Waals surface area contributed by atoms with Crippen LogP contribution in [-0.2, 0) is 0 Å². The fourth-order valence-corrected chi connectivity index (χ4v) is 3.87. The molecule has 2 aliphatic rings. The third-order valence-corrected chi connectivity index (χ3v) is 4.87. The minimum atomic E-state index is 0.610. The van der Waals surface area contributed by atoms with Crippen LogP contribution in [0.2, 0.25) is 0 Å². The number of nitrogens with one attached hydrogen (secondary N) is 1. The van der Waals surface area contributed by atoms with Crippen molar-refractivity contribution >= 4 is 0 Å². The van der Waals surface area contributed by atoms with Crippen LogP contribution in [0.1, 0.15) is 65.2 Å². The van der Waals surface area contributed by atoms with Gasteiger partial charge in [-0.3, -0.25) is 0 Å². The Hall–Kier alpha value is -0.0800. The van der Waals surface area contributed by atoms with Gasteiger partial charge in [-0.15, -0.1) is 0 Å². The first-order valence-electron chi connectivity index (χ1n) is 8.18. The molecule has 0 aromatic carbocycles. The van der Waals surface area contributed by atoms with E-state index in [1.807, 2.05) is 0 Å². The average Bonchev–Trinajstić information content (AvgIpc) is 2.55. The summed E-state index contributed by atoms with van der Waals surface area (Å²) in [5.74, 6) is 0. The van der Waals surface area contributed by atoms with E-state index in [1.165, 1.54) is 77.5 Å². The van der Waals surface area contributed by atoms with Crippen LogP contribution in [0, 0.1) is 5.41 Å². The second-order valence-electron chi connectivity index (χ2n) is 6.90. The fraction of sp³-hybridized carbons (Fsp3) is 1.00. The minimum absolute atomic E-state index is 0.610. The lowest BCUT2D eigenvalue weighted by Crippen LogP contribution is -2.42. The largest absolute Gasteiger partial charge is 0.313 e. The van der Waals surface area contributed by atoms with Crippen molar-refractivity contribution in [2.24, 2.45) is 5.41 Å².